The van der Waals surface area contributed by atoms with Gasteiger partial charge in [0.15, 0.2) is 0 Å². The zero-order chi connectivity index (χ0) is 22.5. The Balaban J connectivity index is 1.59. The summed E-state index contributed by atoms with van der Waals surface area (Å²) in [6, 6.07) is 15.6. The molecule has 0 spiro atoms. The van der Waals surface area contributed by atoms with Gasteiger partial charge in [0.1, 0.15) is 0 Å². The molecule has 32 heavy (non-hydrogen) atoms. The van der Waals surface area contributed by atoms with Gasteiger partial charge in [-0.15, -0.1) is 0 Å². The molecule has 0 radical (unpaired) electrons. The van der Waals surface area contributed by atoms with Crippen molar-refractivity contribution in [2.24, 2.45) is 0 Å². The molecule has 1 aromatic heterocycles. The molecule has 4 rings (SSSR count). The number of benzene rings is 2. The smallest absolute Gasteiger partial charge is 0.274 e. The van der Waals surface area contributed by atoms with Gasteiger partial charge in [0.05, 0.1) is 17.6 Å². The van der Waals surface area contributed by atoms with Crippen LogP contribution in [0, 0.1) is 0 Å². The molecular formula is C25H29ClN4O2. The third-order valence-electron chi connectivity index (χ3n) is 6.11. The Morgan fingerprint density at radius 3 is 2.66 bits per heavy atom. The van der Waals surface area contributed by atoms with Crippen LogP contribution in [0.2, 0.25) is 5.02 Å². The number of hydrogen-bond acceptors (Lipinski definition) is 4. The Bertz CT molecular complexity index is 1140. The van der Waals surface area contributed by atoms with Crippen LogP contribution in [0.3, 0.4) is 0 Å². The van der Waals surface area contributed by atoms with E-state index in [1.54, 1.807) is 4.68 Å². The van der Waals surface area contributed by atoms with E-state index in [9.17, 15) is 9.59 Å². The van der Waals surface area contributed by atoms with E-state index >= 15 is 0 Å². The number of nitrogens with one attached hydrogen (secondary N) is 1. The minimum Gasteiger partial charge on any atom is -0.356 e. The second-order valence-corrected chi connectivity index (χ2v) is 8.75. The van der Waals surface area contributed by atoms with Gasteiger partial charge in [-0.2, -0.15) is 5.10 Å². The summed E-state index contributed by atoms with van der Waals surface area (Å²) in [5.74, 6) is 0.0735. The van der Waals surface area contributed by atoms with Crippen LogP contribution in [-0.2, 0) is 17.8 Å². The molecule has 0 aliphatic carbocycles. The average molecular weight is 453 g/mol. The van der Waals surface area contributed by atoms with E-state index in [0.717, 1.165) is 36.0 Å². The zero-order valence-electron chi connectivity index (χ0n) is 18.4. The van der Waals surface area contributed by atoms with Crippen LogP contribution in [0.25, 0.3) is 10.8 Å². The van der Waals surface area contributed by atoms with Crippen LogP contribution in [0.4, 0.5) is 0 Å². The lowest BCUT2D eigenvalue weighted by atomic mass is 10.0. The van der Waals surface area contributed by atoms with Crippen molar-refractivity contribution in [1.82, 2.24) is 20.0 Å². The Morgan fingerprint density at radius 2 is 1.91 bits per heavy atom. The summed E-state index contributed by atoms with van der Waals surface area (Å²) in [6.45, 7) is 4.76. The molecule has 1 aliphatic rings. The summed E-state index contributed by atoms with van der Waals surface area (Å²) in [4.78, 5) is 27.4. The molecule has 1 saturated heterocycles. The number of halogens is 1. The van der Waals surface area contributed by atoms with E-state index in [-0.39, 0.29) is 17.5 Å². The van der Waals surface area contributed by atoms with Crippen molar-refractivity contribution in [2.75, 3.05) is 19.6 Å². The lowest BCUT2D eigenvalue weighted by molar-refractivity contribution is -0.121. The Morgan fingerprint density at radius 1 is 1.16 bits per heavy atom. The van der Waals surface area contributed by atoms with Gasteiger partial charge in [0.25, 0.3) is 5.56 Å². The fourth-order valence-corrected chi connectivity index (χ4v) is 4.61. The van der Waals surface area contributed by atoms with Crippen LogP contribution >= 0.6 is 11.6 Å². The molecule has 2 aromatic carbocycles. The molecule has 6 nitrogen and oxygen atoms in total. The van der Waals surface area contributed by atoms with Crippen LogP contribution in [0.5, 0.6) is 0 Å². The molecule has 1 atom stereocenters. The molecule has 7 heteroatoms. The van der Waals surface area contributed by atoms with Gasteiger partial charge in [-0.05, 0) is 50.1 Å². The number of rotatable bonds is 8. The lowest BCUT2D eigenvalue weighted by Gasteiger charge is -2.24. The number of fused-ring (bicyclic) bond motifs is 1. The second kappa shape index (κ2) is 10.3. The Hall–Kier alpha value is -2.70. The summed E-state index contributed by atoms with van der Waals surface area (Å²) < 4.78 is 1.63. The van der Waals surface area contributed by atoms with Crippen molar-refractivity contribution in [3.05, 3.63) is 75.2 Å². The standard InChI is InChI=1S/C25H29ClN4O2/c1-2-27-24(31)13-15-29-14-5-6-20(29)17-30-25(32)22-8-4-3-7-21(22)23(28-30)16-18-9-11-19(26)12-10-18/h3-4,7-12,20H,2,5-6,13-17H2,1H3,(H,27,31)/t20-/m1/s1. The Kier molecular flexibility index (Phi) is 7.22. The molecule has 1 fully saturated rings. The van der Waals surface area contributed by atoms with Gasteiger partial charge in [-0.1, -0.05) is 41.9 Å². The maximum Gasteiger partial charge on any atom is 0.274 e. The molecule has 3 aromatic rings. The van der Waals surface area contributed by atoms with Crippen molar-refractivity contribution in [1.29, 1.82) is 0 Å². The summed E-state index contributed by atoms with van der Waals surface area (Å²) in [5.41, 5.74) is 1.92. The number of aromatic nitrogens is 2. The van der Waals surface area contributed by atoms with Crippen molar-refractivity contribution in [3.63, 3.8) is 0 Å². The molecule has 1 amide bonds. The Labute approximate surface area is 193 Å². The van der Waals surface area contributed by atoms with Crippen molar-refractivity contribution < 1.29 is 4.79 Å². The van der Waals surface area contributed by atoms with E-state index in [4.69, 9.17) is 16.7 Å². The quantitative estimate of drug-likeness (QED) is 0.566. The highest BCUT2D eigenvalue weighted by atomic mass is 35.5. The fraction of sp³-hybridized carbons (Fsp3) is 0.400. The van der Waals surface area contributed by atoms with Gasteiger partial charge in [0.2, 0.25) is 5.91 Å². The highest BCUT2D eigenvalue weighted by molar-refractivity contribution is 6.30. The van der Waals surface area contributed by atoms with Gasteiger partial charge in [0, 0.05) is 42.4 Å². The van der Waals surface area contributed by atoms with Gasteiger partial charge >= 0.3 is 0 Å². The maximum absolute atomic E-state index is 13.2. The number of likely N-dealkylation sites (tertiary alicyclic amines) is 1. The van der Waals surface area contributed by atoms with E-state index in [1.165, 1.54) is 0 Å². The van der Waals surface area contributed by atoms with Crippen molar-refractivity contribution in [3.8, 4) is 0 Å². The molecule has 0 unspecified atom stereocenters. The molecule has 1 N–H and O–H groups in total. The predicted octanol–water partition coefficient (Wildman–Crippen LogP) is 3.63. The molecular weight excluding hydrogens is 424 g/mol. The number of amides is 1. The summed E-state index contributed by atoms with van der Waals surface area (Å²) in [7, 11) is 0. The number of hydrogen-bond donors (Lipinski definition) is 1. The predicted molar refractivity (Wildman–Crippen MR) is 128 cm³/mol. The van der Waals surface area contributed by atoms with Crippen LogP contribution in [0.15, 0.2) is 53.3 Å². The third-order valence-corrected chi connectivity index (χ3v) is 6.36. The first kappa shape index (κ1) is 22.5. The minimum atomic E-state index is -0.0592. The van der Waals surface area contributed by atoms with Crippen molar-refractivity contribution in [2.45, 2.75) is 45.2 Å². The molecule has 168 valence electrons. The van der Waals surface area contributed by atoms with Crippen LogP contribution in [0.1, 0.15) is 37.4 Å². The van der Waals surface area contributed by atoms with E-state index < -0.39 is 0 Å². The lowest BCUT2D eigenvalue weighted by Crippen LogP contribution is -2.39. The first-order valence-corrected chi connectivity index (χ1v) is 11.7. The first-order valence-electron chi connectivity index (χ1n) is 11.3. The van der Waals surface area contributed by atoms with E-state index in [1.807, 2.05) is 55.5 Å². The summed E-state index contributed by atoms with van der Waals surface area (Å²) in [6.07, 6.45) is 3.18. The molecule has 2 heterocycles. The minimum absolute atomic E-state index is 0.0592. The van der Waals surface area contributed by atoms with Gasteiger partial charge in [-0.3, -0.25) is 14.5 Å². The number of nitrogens with zero attached hydrogens (tertiary/aromatic N) is 3. The molecule has 0 saturated carbocycles. The van der Waals surface area contributed by atoms with Crippen LogP contribution in [-0.4, -0.2) is 46.3 Å². The average Bonchev–Trinajstić information content (AvgIpc) is 3.24. The first-order chi connectivity index (χ1) is 15.5. The molecule has 0 bridgehead atoms. The van der Waals surface area contributed by atoms with Crippen molar-refractivity contribution >= 4 is 28.3 Å². The largest absolute Gasteiger partial charge is 0.356 e. The summed E-state index contributed by atoms with van der Waals surface area (Å²) in [5, 5.41) is 9.95. The fourth-order valence-electron chi connectivity index (χ4n) is 4.48. The third kappa shape index (κ3) is 5.19. The number of carbonyl (C=O) groups is 1. The maximum atomic E-state index is 13.2. The number of carbonyl (C=O) groups excluding carboxylic acids is 1. The van der Waals surface area contributed by atoms with E-state index in [2.05, 4.69) is 10.2 Å². The SMILES string of the molecule is CCNC(=O)CCN1CCC[C@@H]1Cn1nc(Cc2ccc(Cl)cc2)c2ccccc2c1=O. The molecule has 1 aliphatic heterocycles. The van der Waals surface area contributed by atoms with Gasteiger partial charge in [-0.25, -0.2) is 4.68 Å². The van der Waals surface area contributed by atoms with Gasteiger partial charge < -0.3 is 5.32 Å². The highest BCUT2D eigenvalue weighted by Crippen LogP contribution is 2.21. The van der Waals surface area contributed by atoms with Crippen LogP contribution < -0.4 is 10.9 Å². The normalized spacial score (nSPS) is 16.5. The zero-order valence-corrected chi connectivity index (χ0v) is 19.1. The second-order valence-electron chi connectivity index (χ2n) is 8.32. The highest BCUT2D eigenvalue weighted by Gasteiger charge is 2.26. The monoisotopic (exact) mass is 452 g/mol. The van der Waals surface area contributed by atoms with E-state index in [0.29, 0.717) is 42.9 Å². The summed E-state index contributed by atoms with van der Waals surface area (Å²) >= 11 is 6.04. The topological polar surface area (TPSA) is 67.2 Å².